The maximum Gasteiger partial charge on any atom is 0.407 e. The van der Waals surface area contributed by atoms with Crippen LogP contribution in [-0.4, -0.2) is 310 Å². The molecule has 1 saturated carbocycles. The van der Waals surface area contributed by atoms with E-state index < -0.39 is 102 Å². The summed E-state index contributed by atoms with van der Waals surface area (Å²) in [6.45, 7) is 17.0. The fourth-order valence-corrected chi connectivity index (χ4v) is 16.5. The number of anilines is 2. The molecule has 1 aliphatic carbocycles. The van der Waals surface area contributed by atoms with Crippen LogP contribution in [0.15, 0.2) is 82.7 Å². The predicted molar refractivity (Wildman–Crippen MR) is 483 cm³/mol. The van der Waals surface area contributed by atoms with Gasteiger partial charge in [-0.2, -0.15) is 10.1 Å². The number of esters is 1. The van der Waals surface area contributed by atoms with Gasteiger partial charge in [0.15, 0.2) is 17.0 Å². The largest absolute Gasteiger partial charge is 0.459 e. The van der Waals surface area contributed by atoms with Crippen LogP contribution in [0.1, 0.15) is 156 Å². The molecular weight excluding hydrogens is 1720 g/mol. The molecule has 7 heterocycles. The number of alkyl carbamates (subject to hydrolysis) is 1. The van der Waals surface area contributed by atoms with Gasteiger partial charge in [0.2, 0.25) is 17.6 Å². The van der Waals surface area contributed by atoms with Crippen LogP contribution in [0, 0.1) is 29.6 Å². The third kappa shape index (κ3) is 33.2. The summed E-state index contributed by atoms with van der Waals surface area (Å²) in [5.74, 6) is -8.60. The highest BCUT2D eigenvalue weighted by Crippen LogP contribution is 2.40. The number of rotatable bonds is 45. The predicted octanol–water partition coefficient (Wildman–Crippen LogP) is 6.31. The first-order valence-corrected chi connectivity index (χ1v) is 46.0. The van der Waals surface area contributed by atoms with Crippen molar-refractivity contribution < 1.29 is 119 Å². The Morgan fingerprint density at radius 3 is 2.02 bits per heavy atom. The highest BCUT2D eigenvalue weighted by Gasteiger charge is 2.53. The standard InChI is InChI=1S/C92H139N15O25/c1-59-17-11-10-12-18-60(2)75(118-7)54-68-23-20-64(6)92(117,132-68)85(113)88(114)105-31-15-13-19-72(105)89(115)130-76(55-73(108)61(3)50-63(5)83(112)84(120-9)82(111)62(4)49-59)69(93)51-65-21-24-71(77(52-65)119-8)107-56-67(102-104-107)57-129-91(116)98-30-36-124-40-44-128-48-46-126-42-38-122-34-27-79(110)97-29-35-123-39-43-127-47-45-125-41-37-121-33-26-78(109)96-28-14-16-32-106-87-80(86(94)99-58-100-87)81(103-106)66-22-25-74-70(53-66)101-90(95)131-74/h10-12,17-18,22,25,50,53,56,58-59,61-62,64-65,68-69,71-72,75-77,83-84,112,117H,13-16,19-21,23-24,26-49,51-52,54-55,57,93H2,1-9H3,(H2,95,101)(H,96,109)(H,97,110)(H,98,116)(H2,94,99,100)/b12-10+,17-11+,60-18+,63-50+/t59-,61-,62-,64-,65+,68+,69-,71+,72+,75+,76+,77-,83-,84+,92-/m1/s1. The van der Waals surface area contributed by atoms with Crippen molar-refractivity contribution in [1.82, 2.24) is 60.6 Å². The zero-order valence-corrected chi connectivity index (χ0v) is 77.8. The number of unbranched alkanes of at least 4 members (excludes halogenated alkanes) is 1. The number of aliphatic hydroxyl groups excluding tert-OH is 1. The summed E-state index contributed by atoms with van der Waals surface area (Å²) in [6.07, 6.45) is 14.2. The van der Waals surface area contributed by atoms with Crippen LogP contribution >= 0.6 is 0 Å². The molecule has 11 N–H and O–H groups in total. The number of ketones is 3. The van der Waals surface area contributed by atoms with Crippen LogP contribution < -0.4 is 33.2 Å². The van der Waals surface area contributed by atoms with Gasteiger partial charge in [-0.1, -0.05) is 69.4 Å². The fourth-order valence-electron chi connectivity index (χ4n) is 16.5. The third-order valence-electron chi connectivity index (χ3n) is 24.1. The van der Waals surface area contributed by atoms with Gasteiger partial charge in [-0.15, -0.1) is 5.10 Å². The number of nitrogens with one attached hydrogen (secondary N) is 3. The van der Waals surface area contributed by atoms with E-state index in [1.807, 2.05) is 56.4 Å². The number of carbonyl (C=O) groups excluding carboxylic acids is 8. The Hall–Kier alpha value is -9.50. The second-order valence-electron chi connectivity index (χ2n) is 34.0. The molecule has 4 amide bonds. The third-order valence-corrected chi connectivity index (χ3v) is 24.1. The van der Waals surface area contributed by atoms with Crippen LogP contribution in [0.5, 0.6) is 0 Å². The Morgan fingerprint density at radius 1 is 0.705 bits per heavy atom. The number of piperidine rings is 1. The number of aromatic nitrogens is 8. The molecule has 15 atom stereocenters. The number of methoxy groups -OCH3 is 3. The lowest BCUT2D eigenvalue weighted by Crippen LogP contribution is -2.61. The first-order valence-electron chi connectivity index (χ1n) is 46.0. The molecular formula is C92H139N15O25. The summed E-state index contributed by atoms with van der Waals surface area (Å²) in [6, 6.07) is 3.07. The van der Waals surface area contributed by atoms with E-state index in [4.69, 9.17) is 93.0 Å². The first-order chi connectivity index (χ1) is 63.7. The van der Waals surface area contributed by atoms with Gasteiger partial charge in [0.1, 0.15) is 65.8 Å². The highest BCUT2D eigenvalue weighted by molar-refractivity contribution is 6.39. The number of nitrogens with two attached hydrogens (primary N) is 3. The number of ether oxygens (including phenoxy) is 14. The number of aliphatic hydroxyl groups is 2. The fraction of sp³-hybridized carbons (Fsp3) is 0.674. The quantitative estimate of drug-likeness (QED) is 0.00916. The summed E-state index contributed by atoms with van der Waals surface area (Å²) >= 11 is 0. The van der Waals surface area contributed by atoms with Gasteiger partial charge in [0.25, 0.3) is 17.7 Å². The average Bonchev–Trinajstić information content (AvgIpc) is 1.28. The monoisotopic (exact) mass is 1850 g/mol. The molecule has 40 heteroatoms. The van der Waals surface area contributed by atoms with E-state index in [2.05, 4.69) is 41.2 Å². The molecule has 3 fully saturated rings. The minimum atomic E-state index is -2.51. The number of benzene rings is 1. The van der Waals surface area contributed by atoms with Crippen molar-refractivity contribution in [3.8, 4) is 11.3 Å². The zero-order valence-electron chi connectivity index (χ0n) is 77.8. The molecule has 2 bridgehead atoms. The van der Waals surface area contributed by atoms with Crippen molar-refractivity contribution in [3.63, 3.8) is 0 Å². The molecule has 0 spiro atoms. The van der Waals surface area contributed by atoms with Crippen molar-refractivity contribution in [2.24, 2.45) is 35.3 Å². The van der Waals surface area contributed by atoms with Crippen LogP contribution in [0.4, 0.5) is 16.6 Å². The van der Waals surface area contributed by atoms with Gasteiger partial charge in [-0.05, 0) is 132 Å². The van der Waals surface area contributed by atoms with E-state index in [0.29, 0.717) is 195 Å². The van der Waals surface area contributed by atoms with E-state index in [0.717, 1.165) is 28.9 Å². The van der Waals surface area contributed by atoms with Crippen molar-refractivity contribution in [2.75, 3.05) is 165 Å². The van der Waals surface area contributed by atoms with Crippen molar-refractivity contribution >= 4 is 81.1 Å². The molecule has 0 unspecified atom stereocenters. The number of hydrogen-bond donors (Lipinski definition) is 8. The second-order valence-corrected chi connectivity index (χ2v) is 34.0. The summed E-state index contributed by atoms with van der Waals surface area (Å²) in [5.41, 5.74) is 23.8. The van der Waals surface area contributed by atoms with Crippen molar-refractivity contribution in [1.29, 1.82) is 0 Å². The lowest BCUT2D eigenvalue weighted by atomic mass is 9.79. The molecule has 132 heavy (non-hydrogen) atoms. The molecule has 3 aliphatic heterocycles. The van der Waals surface area contributed by atoms with Crippen molar-refractivity contribution in [3.05, 3.63) is 84.0 Å². The summed E-state index contributed by atoms with van der Waals surface area (Å²) in [7, 11) is 4.50. The highest BCUT2D eigenvalue weighted by atomic mass is 16.6. The molecule has 2 saturated heterocycles. The maximum atomic E-state index is 14.8. The number of nitrogens with zero attached hydrogens (tertiary/aromatic N) is 9. The summed E-state index contributed by atoms with van der Waals surface area (Å²) < 4.78 is 88.8. The van der Waals surface area contributed by atoms with E-state index in [-0.39, 0.29) is 126 Å². The maximum absolute atomic E-state index is 14.8. The Morgan fingerprint density at radius 2 is 1.36 bits per heavy atom. The number of nitrogen functional groups attached to an aromatic ring is 2. The van der Waals surface area contributed by atoms with Gasteiger partial charge in [0.05, 0.1) is 142 Å². The number of allylic oxidation sites excluding steroid dienone is 6. The summed E-state index contributed by atoms with van der Waals surface area (Å²) in [4.78, 5) is 124. The zero-order chi connectivity index (χ0) is 94.9. The Kier molecular flexibility index (Phi) is 45.0. The number of amides is 4. The van der Waals surface area contributed by atoms with Gasteiger partial charge >= 0.3 is 12.1 Å². The molecule has 4 aromatic heterocycles. The normalized spacial score (nSPS) is 25.8. The average molecular weight is 1860 g/mol. The van der Waals surface area contributed by atoms with Crippen molar-refractivity contribution in [2.45, 2.75) is 218 Å². The summed E-state index contributed by atoms with van der Waals surface area (Å²) in [5, 5.41) is 46.2. The lowest BCUT2D eigenvalue weighted by molar-refractivity contribution is -0.265. The number of Topliss-reactive ketones (excluding diaryl/α,β-unsaturated/α-hetero) is 3. The number of hydrogen-bond acceptors (Lipinski definition) is 34. The van der Waals surface area contributed by atoms with Gasteiger partial charge in [-0.25, -0.2) is 28.9 Å². The minimum Gasteiger partial charge on any atom is -0.459 e. The van der Waals surface area contributed by atoms with E-state index >= 15 is 0 Å². The SMILES string of the molecule is CO[C@H]1C[C@@H]2CC[C@@H](C)[C@@](O)(O2)C(=O)C(=O)N2CCCC[C@H]2C(=O)O[C@H]([C@H](N)C[C@@H]2CC[C@H](n3cc(COC(=O)NCCOCCOCCOCCOCCC(=O)NCCOCCOCCOCCOCCC(=O)NCCCCn4nc(-c5ccc6oc(N)nc6c5)c5c(N)ncnc54)nn3)[C@H](OC)C2)CC(=O)[C@H](C)/C=C(\C)[C@@H](O)[C@@H](OC)C(=O)[C@H](C)C[C@H](C)/C=C/C=C/C=C/1C. The minimum absolute atomic E-state index is 0.00828. The number of oxazole rings is 1. The molecule has 5 aromatic rings. The molecule has 0 radical (unpaired) electrons. The van der Waals surface area contributed by atoms with E-state index in [1.54, 1.807) is 69.6 Å². The Labute approximate surface area is 770 Å². The first kappa shape index (κ1) is 106. The van der Waals surface area contributed by atoms with Crippen LogP contribution in [0.3, 0.4) is 0 Å². The second kappa shape index (κ2) is 56.0. The van der Waals surface area contributed by atoms with Gasteiger partial charge in [-0.3, -0.25) is 28.8 Å². The smallest absolute Gasteiger partial charge is 0.407 e. The molecule has 4 aliphatic rings. The van der Waals surface area contributed by atoms with E-state index in [9.17, 15) is 48.6 Å². The molecule has 732 valence electrons. The molecule has 1 aromatic carbocycles. The molecule has 9 rings (SSSR count). The molecule has 40 nitrogen and oxygen atoms in total. The van der Waals surface area contributed by atoms with Gasteiger partial charge < -0.3 is 119 Å². The van der Waals surface area contributed by atoms with E-state index in [1.165, 1.54) is 13.4 Å². The number of aryl methyl sites for hydroxylation is 1. The Bertz CT molecular complexity index is 4580. The van der Waals surface area contributed by atoms with Crippen LogP contribution in [0.25, 0.3) is 33.4 Å². The van der Waals surface area contributed by atoms with Crippen LogP contribution in [0.2, 0.25) is 0 Å². The Balaban J connectivity index is 0.582. The topological polar surface area (TPSA) is 524 Å². The number of carbonyl (C=O) groups is 8. The van der Waals surface area contributed by atoms with Gasteiger partial charge in [0, 0.05) is 109 Å². The number of fused-ring (bicyclic) bond motifs is 5. The lowest BCUT2D eigenvalue weighted by Gasteiger charge is -2.42. The number of cyclic esters (lactones) is 1. The van der Waals surface area contributed by atoms with Crippen LogP contribution in [-0.2, 0) is 113 Å².